The molecule has 2 aliphatic heterocycles. The highest BCUT2D eigenvalue weighted by Crippen LogP contribution is 2.38. The second-order valence-electron chi connectivity index (χ2n) is 7.80. The van der Waals surface area contributed by atoms with E-state index in [2.05, 4.69) is 28.4 Å². The first kappa shape index (κ1) is 18.5. The first-order valence-corrected chi connectivity index (χ1v) is 9.94. The lowest BCUT2D eigenvalue weighted by atomic mass is 9.92. The average Bonchev–Trinajstić information content (AvgIpc) is 3.17. The van der Waals surface area contributed by atoms with Crippen molar-refractivity contribution in [3.8, 4) is 11.8 Å². The molecule has 4 rings (SSSR count). The first-order valence-electron chi connectivity index (χ1n) is 9.94. The van der Waals surface area contributed by atoms with E-state index in [-0.39, 0.29) is 13.4 Å². The third kappa shape index (κ3) is 3.61. The summed E-state index contributed by atoms with van der Waals surface area (Å²) in [7, 11) is 0. The summed E-state index contributed by atoms with van der Waals surface area (Å²) in [4.78, 5) is 15.3. The number of carbonyl (C=O) groups is 1. The Bertz CT molecular complexity index is 952. The van der Waals surface area contributed by atoms with Gasteiger partial charge in [0, 0.05) is 25.3 Å². The van der Waals surface area contributed by atoms with Crippen LogP contribution in [0, 0.1) is 11.3 Å². The molecule has 5 heteroatoms. The highest BCUT2D eigenvalue weighted by Gasteiger charge is 2.31. The quantitative estimate of drug-likeness (QED) is 0.850. The number of hydrogen-bond acceptors (Lipinski definition) is 4. The van der Waals surface area contributed by atoms with Gasteiger partial charge in [-0.2, -0.15) is 5.26 Å². The van der Waals surface area contributed by atoms with E-state index in [9.17, 15) is 10.1 Å². The number of ether oxygens (including phenoxy) is 1. The zero-order chi connectivity index (χ0) is 19.7. The Labute approximate surface area is 167 Å². The third-order valence-corrected chi connectivity index (χ3v) is 5.52. The van der Waals surface area contributed by atoms with Crippen molar-refractivity contribution in [1.82, 2.24) is 4.90 Å². The Morgan fingerprint density at radius 2 is 2.14 bits per heavy atom. The number of nitriles is 1. The minimum Gasteiger partial charge on any atom is -0.490 e. The number of amides is 1. The van der Waals surface area contributed by atoms with Crippen molar-refractivity contribution < 1.29 is 11.0 Å². The Hall–Kier alpha value is -2.84. The molecule has 2 aromatic carbocycles. The smallest absolute Gasteiger partial charge is 0.255 e. The molecule has 1 N–H and O–H groups in total. The molecule has 0 aromatic heterocycles. The highest BCUT2D eigenvalue weighted by molar-refractivity contribution is 6.04. The lowest BCUT2D eigenvalue weighted by molar-refractivity contribution is 0.102. The molecule has 2 aliphatic rings. The van der Waals surface area contributed by atoms with Crippen LogP contribution in [0.5, 0.6) is 5.75 Å². The predicted molar refractivity (Wildman–Crippen MR) is 111 cm³/mol. The van der Waals surface area contributed by atoms with Crippen molar-refractivity contribution in [2.45, 2.75) is 45.3 Å². The van der Waals surface area contributed by atoms with Crippen LogP contribution in [0.4, 0.5) is 5.69 Å². The molecule has 5 nitrogen and oxygen atoms in total. The predicted octanol–water partition coefficient (Wildman–Crippen LogP) is 4.54. The number of rotatable bonds is 4. The van der Waals surface area contributed by atoms with Gasteiger partial charge >= 0.3 is 0 Å². The van der Waals surface area contributed by atoms with Crippen LogP contribution < -0.4 is 10.1 Å². The number of nitrogens with one attached hydrogen (secondary N) is 1. The van der Waals surface area contributed by atoms with Gasteiger partial charge in [0.15, 0.2) is 0 Å². The number of benzene rings is 2. The van der Waals surface area contributed by atoms with Crippen LogP contribution in [0.1, 0.15) is 61.2 Å². The lowest BCUT2D eigenvalue weighted by Gasteiger charge is -2.32. The van der Waals surface area contributed by atoms with E-state index in [1.165, 1.54) is 30.5 Å². The number of carbonyl (C=O) groups excluding carboxylic acids is 1. The van der Waals surface area contributed by atoms with Crippen molar-refractivity contribution >= 4 is 11.6 Å². The molecule has 0 spiro atoms. The van der Waals surface area contributed by atoms with Gasteiger partial charge in [-0.05, 0) is 81.1 Å². The van der Waals surface area contributed by atoms with Gasteiger partial charge in [0.2, 0.25) is 0 Å². The van der Waals surface area contributed by atoms with Gasteiger partial charge in [0.25, 0.3) is 5.91 Å². The topological polar surface area (TPSA) is 65.4 Å². The molecular weight excluding hydrogens is 350 g/mol. The molecule has 0 radical (unpaired) electrons. The SMILES string of the molecule is CC(C)Oc1ccc(C(=O)Nc2ccc3c(c2)C2CCCN2CC3)cc1C#N.[HH]. The molecule has 2 aromatic rings. The van der Waals surface area contributed by atoms with Gasteiger partial charge in [-0.15, -0.1) is 0 Å². The van der Waals surface area contributed by atoms with E-state index >= 15 is 0 Å². The first-order chi connectivity index (χ1) is 13.5. The summed E-state index contributed by atoms with van der Waals surface area (Å²) in [5, 5.41) is 12.4. The number of hydrogen-bond donors (Lipinski definition) is 1. The molecule has 1 fully saturated rings. The summed E-state index contributed by atoms with van der Waals surface area (Å²) in [5.41, 5.74) is 4.36. The average molecular weight is 377 g/mol. The van der Waals surface area contributed by atoms with Crippen LogP contribution >= 0.6 is 0 Å². The van der Waals surface area contributed by atoms with Crippen molar-refractivity contribution in [3.05, 3.63) is 58.7 Å². The van der Waals surface area contributed by atoms with Crippen LogP contribution in [0.2, 0.25) is 0 Å². The van der Waals surface area contributed by atoms with Crippen LogP contribution in [0.15, 0.2) is 36.4 Å². The number of nitrogens with zero attached hydrogens (tertiary/aromatic N) is 2. The van der Waals surface area contributed by atoms with E-state index in [0.717, 1.165) is 18.7 Å². The molecule has 146 valence electrons. The van der Waals surface area contributed by atoms with Crippen LogP contribution in [-0.4, -0.2) is 30.0 Å². The summed E-state index contributed by atoms with van der Waals surface area (Å²) in [6.45, 7) is 6.11. The maximum absolute atomic E-state index is 12.7. The highest BCUT2D eigenvalue weighted by atomic mass is 16.5. The molecular formula is C23H27N3O2. The number of fused-ring (bicyclic) bond motifs is 3. The van der Waals surface area contributed by atoms with Gasteiger partial charge in [-0.1, -0.05) is 6.07 Å². The molecule has 1 amide bonds. The second-order valence-corrected chi connectivity index (χ2v) is 7.80. The fraction of sp³-hybridized carbons (Fsp3) is 0.391. The monoisotopic (exact) mass is 377 g/mol. The molecule has 1 saturated heterocycles. The molecule has 28 heavy (non-hydrogen) atoms. The van der Waals surface area contributed by atoms with E-state index in [0.29, 0.717) is 22.9 Å². The van der Waals surface area contributed by atoms with Crippen LogP contribution in [0.25, 0.3) is 0 Å². The fourth-order valence-electron chi connectivity index (χ4n) is 4.24. The Kier molecular flexibility index (Phi) is 5.06. The minimum atomic E-state index is -0.216. The Morgan fingerprint density at radius 3 is 2.93 bits per heavy atom. The third-order valence-electron chi connectivity index (χ3n) is 5.52. The van der Waals surface area contributed by atoms with Gasteiger partial charge in [-0.3, -0.25) is 9.69 Å². The normalized spacial score (nSPS) is 18.3. The van der Waals surface area contributed by atoms with E-state index < -0.39 is 0 Å². The molecule has 0 aliphatic carbocycles. The lowest BCUT2D eigenvalue weighted by Crippen LogP contribution is -2.31. The molecule has 0 saturated carbocycles. The Morgan fingerprint density at radius 1 is 1.29 bits per heavy atom. The summed E-state index contributed by atoms with van der Waals surface area (Å²) >= 11 is 0. The van der Waals surface area contributed by atoms with Crippen molar-refractivity contribution in [1.29, 1.82) is 5.26 Å². The van der Waals surface area contributed by atoms with Crippen molar-refractivity contribution in [2.24, 2.45) is 0 Å². The molecule has 1 atom stereocenters. The van der Waals surface area contributed by atoms with Gasteiger partial charge in [-0.25, -0.2) is 0 Å². The second kappa shape index (κ2) is 7.65. The van der Waals surface area contributed by atoms with Crippen LogP contribution in [0.3, 0.4) is 0 Å². The summed E-state index contributed by atoms with van der Waals surface area (Å²) < 4.78 is 5.63. The zero-order valence-electron chi connectivity index (χ0n) is 16.4. The van der Waals surface area contributed by atoms with E-state index in [1.54, 1.807) is 18.2 Å². The minimum absolute atomic E-state index is 0. The van der Waals surface area contributed by atoms with Crippen molar-refractivity contribution in [3.63, 3.8) is 0 Å². The standard InChI is InChI=1S/C23H25N3O2.H2/c1-15(2)28-22-8-6-17(12-18(22)14-24)23(27)25-19-7-5-16-9-11-26-10-3-4-21(26)20(16)13-19;/h5-8,12-13,15,21H,3-4,9-11H2,1-2H3,(H,25,27);1H. The van der Waals surface area contributed by atoms with Gasteiger partial charge < -0.3 is 10.1 Å². The molecule has 1 unspecified atom stereocenters. The van der Waals surface area contributed by atoms with Crippen LogP contribution in [-0.2, 0) is 6.42 Å². The Balaban J connectivity index is 0.00000240. The van der Waals surface area contributed by atoms with E-state index in [1.807, 2.05) is 19.9 Å². The zero-order valence-corrected chi connectivity index (χ0v) is 16.4. The van der Waals surface area contributed by atoms with Gasteiger partial charge in [0.1, 0.15) is 11.8 Å². The molecule has 2 heterocycles. The summed E-state index contributed by atoms with van der Waals surface area (Å²) in [6, 6.07) is 13.8. The largest absolute Gasteiger partial charge is 0.490 e. The van der Waals surface area contributed by atoms with E-state index in [4.69, 9.17) is 4.74 Å². The number of anilines is 1. The van der Waals surface area contributed by atoms with Crippen molar-refractivity contribution in [2.75, 3.05) is 18.4 Å². The summed E-state index contributed by atoms with van der Waals surface area (Å²) in [5.74, 6) is 0.288. The maximum atomic E-state index is 12.7. The fourth-order valence-corrected chi connectivity index (χ4v) is 4.24. The maximum Gasteiger partial charge on any atom is 0.255 e. The summed E-state index contributed by atoms with van der Waals surface area (Å²) in [6.07, 6.45) is 3.47. The van der Waals surface area contributed by atoms with Gasteiger partial charge in [0.05, 0.1) is 11.7 Å². The molecule has 0 bridgehead atoms.